The number of likely N-dealkylation sites (tertiary alicyclic amines) is 1. The standard InChI is InChI=1S/C37H40ClN5O7/c1-24-27(5-2-6-30(24)31-7-3-10-43(36(31)46)11-4-9-42-12-8-29(45)20-42)23-50-35-15-34(49-22-26-13-25(16-39)17-40-18-26)28(14-32(35)38)19-41-33(21-44)37(47)48/h2-3,5-7,10,13-15,17-18,29,33,41,44-45H,4,8-9,11-12,19-23H2,1H3,(H,47,48)/t29-,33+/m1/s1. The minimum Gasteiger partial charge on any atom is -0.488 e. The van der Waals surface area contributed by atoms with E-state index in [0.717, 1.165) is 42.6 Å². The Morgan fingerprint density at radius 1 is 1.10 bits per heavy atom. The molecule has 1 aliphatic rings. The molecule has 3 heterocycles. The number of benzene rings is 2. The number of aryl methyl sites for hydroxylation is 1. The van der Waals surface area contributed by atoms with E-state index < -0.39 is 18.6 Å². The maximum atomic E-state index is 13.5. The van der Waals surface area contributed by atoms with Crippen LogP contribution < -0.4 is 20.3 Å². The first-order valence-corrected chi connectivity index (χ1v) is 16.7. The molecule has 4 N–H and O–H groups in total. The average Bonchev–Trinajstić information content (AvgIpc) is 3.53. The lowest BCUT2D eigenvalue weighted by Crippen LogP contribution is -2.39. The van der Waals surface area contributed by atoms with E-state index >= 15 is 0 Å². The number of ether oxygens (including phenoxy) is 2. The van der Waals surface area contributed by atoms with Gasteiger partial charge >= 0.3 is 5.97 Å². The molecule has 1 fully saturated rings. The summed E-state index contributed by atoms with van der Waals surface area (Å²) < 4.78 is 14.0. The van der Waals surface area contributed by atoms with Gasteiger partial charge in [-0.05, 0) is 67.3 Å². The van der Waals surface area contributed by atoms with Crippen LogP contribution in [0.3, 0.4) is 0 Å². The van der Waals surface area contributed by atoms with Crippen LogP contribution in [0, 0.1) is 18.3 Å². The van der Waals surface area contributed by atoms with Crippen molar-refractivity contribution in [1.29, 1.82) is 5.26 Å². The summed E-state index contributed by atoms with van der Waals surface area (Å²) >= 11 is 6.65. The van der Waals surface area contributed by atoms with E-state index in [1.54, 1.807) is 35.2 Å². The Morgan fingerprint density at radius 3 is 2.64 bits per heavy atom. The summed E-state index contributed by atoms with van der Waals surface area (Å²) in [6, 6.07) is 15.2. The molecule has 50 heavy (non-hydrogen) atoms. The highest BCUT2D eigenvalue weighted by molar-refractivity contribution is 6.32. The number of aliphatic hydroxyl groups excluding tert-OH is 2. The number of nitriles is 1. The van der Waals surface area contributed by atoms with Crippen LogP contribution in [-0.4, -0.2) is 74.1 Å². The third-order valence-corrected chi connectivity index (χ3v) is 9.01. The molecule has 2 aromatic heterocycles. The summed E-state index contributed by atoms with van der Waals surface area (Å²) in [4.78, 5) is 31.3. The molecule has 4 aromatic rings. The van der Waals surface area contributed by atoms with Gasteiger partial charge in [0.2, 0.25) is 0 Å². The van der Waals surface area contributed by atoms with Gasteiger partial charge in [0.25, 0.3) is 5.56 Å². The second kappa shape index (κ2) is 17.2. The smallest absolute Gasteiger partial charge is 0.323 e. The number of halogens is 1. The number of carbonyl (C=O) groups is 1. The summed E-state index contributed by atoms with van der Waals surface area (Å²) in [5, 5.41) is 40.9. The van der Waals surface area contributed by atoms with Gasteiger partial charge in [0.15, 0.2) is 0 Å². The Kier molecular flexibility index (Phi) is 12.6. The van der Waals surface area contributed by atoms with Gasteiger partial charge < -0.3 is 34.3 Å². The van der Waals surface area contributed by atoms with E-state index in [2.05, 4.69) is 15.2 Å². The Morgan fingerprint density at radius 2 is 1.90 bits per heavy atom. The maximum Gasteiger partial charge on any atom is 0.323 e. The number of nitrogens with zero attached hydrogens (tertiary/aromatic N) is 4. The van der Waals surface area contributed by atoms with Crippen LogP contribution in [0.4, 0.5) is 0 Å². The van der Waals surface area contributed by atoms with Gasteiger partial charge in [0, 0.05) is 67.5 Å². The number of pyridine rings is 2. The minimum absolute atomic E-state index is 0.0283. The van der Waals surface area contributed by atoms with E-state index in [1.165, 1.54) is 6.20 Å². The third-order valence-electron chi connectivity index (χ3n) is 8.71. The van der Waals surface area contributed by atoms with E-state index in [4.69, 9.17) is 21.1 Å². The monoisotopic (exact) mass is 701 g/mol. The number of carboxylic acids is 1. The second-order valence-electron chi connectivity index (χ2n) is 12.2. The summed E-state index contributed by atoms with van der Waals surface area (Å²) in [5.41, 5.74) is 4.61. The highest BCUT2D eigenvalue weighted by Crippen LogP contribution is 2.35. The van der Waals surface area contributed by atoms with E-state index in [0.29, 0.717) is 46.8 Å². The maximum absolute atomic E-state index is 13.5. The molecule has 1 aliphatic heterocycles. The lowest BCUT2D eigenvalue weighted by atomic mass is 9.97. The molecule has 12 nitrogen and oxygen atoms in total. The molecule has 0 saturated carbocycles. The first-order chi connectivity index (χ1) is 24.2. The fraction of sp³-hybridized carbons (Fsp3) is 0.351. The normalized spacial score (nSPS) is 15.1. The molecule has 0 spiro atoms. The Balaban J connectivity index is 1.33. The highest BCUT2D eigenvalue weighted by atomic mass is 35.5. The van der Waals surface area contributed by atoms with Gasteiger partial charge in [-0.1, -0.05) is 29.8 Å². The zero-order valence-electron chi connectivity index (χ0n) is 27.7. The van der Waals surface area contributed by atoms with Crippen molar-refractivity contribution in [3.8, 4) is 28.7 Å². The quantitative estimate of drug-likeness (QED) is 0.134. The molecule has 0 aliphatic carbocycles. The Bertz CT molecular complexity index is 1910. The summed E-state index contributed by atoms with van der Waals surface area (Å²) in [6.45, 7) is 4.52. The molecular formula is C37H40ClN5O7. The molecule has 2 atom stereocenters. The van der Waals surface area contributed by atoms with Crippen molar-refractivity contribution < 1.29 is 29.6 Å². The molecular weight excluding hydrogens is 662 g/mol. The summed E-state index contributed by atoms with van der Waals surface area (Å²) in [6.07, 6.45) is 6.15. The number of hydrogen-bond donors (Lipinski definition) is 4. The molecule has 262 valence electrons. The number of nitrogens with one attached hydrogen (secondary N) is 1. The highest BCUT2D eigenvalue weighted by Gasteiger charge is 2.20. The van der Waals surface area contributed by atoms with Gasteiger partial charge in [0.05, 0.1) is 23.3 Å². The molecule has 0 unspecified atom stereocenters. The van der Waals surface area contributed by atoms with E-state index in [-0.39, 0.29) is 36.4 Å². The van der Waals surface area contributed by atoms with Crippen LogP contribution in [0.1, 0.15) is 40.7 Å². The van der Waals surface area contributed by atoms with Gasteiger partial charge in [-0.15, -0.1) is 0 Å². The average molecular weight is 702 g/mol. The second-order valence-corrected chi connectivity index (χ2v) is 12.6. The molecule has 2 aromatic carbocycles. The van der Waals surface area contributed by atoms with Crippen molar-refractivity contribution in [3.63, 3.8) is 0 Å². The third kappa shape index (κ3) is 9.26. The fourth-order valence-corrected chi connectivity index (χ4v) is 6.14. The molecule has 0 amide bonds. The molecule has 1 saturated heterocycles. The van der Waals surface area contributed by atoms with Gasteiger partial charge in [0.1, 0.15) is 36.8 Å². The zero-order valence-corrected chi connectivity index (χ0v) is 28.5. The minimum atomic E-state index is -1.20. The number of aromatic nitrogens is 2. The molecule has 0 bridgehead atoms. The molecule has 5 rings (SSSR count). The number of carboxylic acid groups (broad SMARTS) is 1. The van der Waals surface area contributed by atoms with Crippen LogP contribution in [0.15, 0.2) is 71.9 Å². The Labute approximate surface area is 295 Å². The number of aliphatic carboxylic acids is 1. The first-order valence-electron chi connectivity index (χ1n) is 16.3. The van der Waals surface area contributed by atoms with Gasteiger partial charge in [-0.2, -0.15) is 5.26 Å². The molecule has 13 heteroatoms. The Hall–Kier alpha value is -4.77. The van der Waals surface area contributed by atoms with Crippen molar-refractivity contribution in [2.75, 3.05) is 26.2 Å². The van der Waals surface area contributed by atoms with Crippen LogP contribution in [0.25, 0.3) is 11.1 Å². The SMILES string of the molecule is Cc1c(COc2cc(OCc3cncc(C#N)c3)c(CN[C@@H](CO)C(=O)O)cc2Cl)cccc1-c1cccn(CCCN2CC[C@@H](O)C2)c1=O. The van der Waals surface area contributed by atoms with Crippen LogP contribution in [0.2, 0.25) is 5.02 Å². The van der Waals surface area contributed by atoms with Crippen molar-refractivity contribution >= 4 is 17.6 Å². The van der Waals surface area contributed by atoms with Gasteiger partial charge in [-0.3, -0.25) is 19.9 Å². The van der Waals surface area contributed by atoms with Crippen molar-refractivity contribution in [2.45, 2.75) is 58.2 Å². The predicted octanol–water partition coefficient (Wildman–Crippen LogP) is 3.89. The van der Waals surface area contributed by atoms with E-state index in [9.17, 15) is 30.2 Å². The number of aliphatic hydroxyl groups is 2. The predicted molar refractivity (Wildman–Crippen MR) is 187 cm³/mol. The number of rotatable bonds is 16. The molecule has 0 radical (unpaired) electrons. The summed E-state index contributed by atoms with van der Waals surface area (Å²) in [5.74, 6) is -0.521. The number of hydrogen-bond acceptors (Lipinski definition) is 10. The van der Waals surface area contributed by atoms with Crippen molar-refractivity contribution in [3.05, 3.63) is 110 Å². The summed E-state index contributed by atoms with van der Waals surface area (Å²) in [7, 11) is 0. The largest absolute Gasteiger partial charge is 0.488 e. The van der Waals surface area contributed by atoms with Crippen molar-refractivity contribution in [2.24, 2.45) is 0 Å². The lowest BCUT2D eigenvalue weighted by Gasteiger charge is -2.18. The fourth-order valence-electron chi connectivity index (χ4n) is 5.90. The van der Waals surface area contributed by atoms with E-state index in [1.807, 2.05) is 43.3 Å². The van der Waals surface area contributed by atoms with Crippen LogP contribution >= 0.6 is 11.6 Å². The van der Waals surface area contributed by atoms with Crippen molar-refractivity contribution in [1.82, 2.24) is 19.8 Å². The first kappa shape index (κ1) is 36.5. The van der Waals surface area contributed by atoms with Crippen LogP contribution in [0.5, 0.6) is 11.5 Å². The number of β-amino-alcohol motifs (C(OH)–C–C–N with tert-alkyl or cyclic N) is 1. The van der Waals surface area contributed by atoms with Crippen LogP contribution in [-0.2, 0) is 31.1 Å². The topological polar surface area (TPSA) is 170 Å². The van der Waals surface area contributed by atoms with Gasteiger partial charge in [-0.25, -0.2) is 0 Å². The lowest BCUT2D eigenvalue weighted by molar-refractivity contribution is -0.140. The zero-order chi connectivity index (χ0) is 35.6.